The molecule has 0 saturated carbocycles. The zero-order valence-corrected chi connectivity index (χ0v) is 23.8. The van der Waals surface area contributed by atoms with E-state index in [0.717, 1.165) is 11.1 Å². The minimum Gasteiger partial charge on any atom is -0.444 e. The number of aliphatic hydroxyl groups excluding tert-OH is 2. The summed E-state index contributed by atoms with van der Waals surface area (Å²) in [6.45, 7) is 5.76. The van der Waals surface area contributed by atoms with Crippen molar-refractivity contribution >= 4 is 12.0 Å². The maximum absolute atomic E-state index is 13.2. The van der Waals surface area contributed by atoms with Crippen LogP contribution in [0.2, 0.25) is 0 Å². The van der Waals surface area contributed by atoms with Crippen LogP contribution in [-0.4, -0.2) is 81.1 Å². The second kappa shape index (κ2) is 14.1. The van der Waals surface area contributed by atoms with Crippen molar-refractivity contribution in [2.45, 2.75) is 70.1 Å². The molecule has 0 radical (unpaired) electrons. The minimum absolute atomic E-state index is 0.235. The predicted molar refractivity (Wildman–Crippen MR) is 153 cm³/mol. The number of rotatable bonds is 12. The van der Waals surface area contributed by atoms with E-state index < -0.39 is 41.9 Å². The number of carbonyl (C=O) groups excluding carboxylic acids is 2. The van der Waals surface area contributed by atoms with Crippen LogP contribution in [0.15, 0.2) is 66.9 Å². The summed E-state index contributed by atoms with van der Waals surface area (Å²) in [4.78, 5) is 35.0. The van der Waals surface area contributed by atoms with Gasteiger partial charge in [0.2, 0.25) is 0 Å². The molecule has 2 aromatic carbocycles. The van der Waals surface area contributed by atoms with E-state index in [1.165, 1.54) is 6.20 Å². The van der Waals surface area contributed by atoms with Gasteiger partial charge in [0.25, 0.3) is 5.91 Å². The van der Waals surface area contributed by atoms with E-state index in [4.69, 9.17) is 4.74 Å². The summed E-state index contributed by atoms with van der Waals surface area (Å²) < 4.78 is 5.42. The van der Waals surface area contributed by atoms with Crippen molar-refractivity contribution in [1.82, 2.24) is 25.5 Å². The Labute approximate surface area is 235 Å². The van der Waals surface area contributed by atoms with Crippen LogP contribution >= 0.6 is 0 Å². The smallest absolute Gasteiger partial charge is 0.407 e. The van der Waals surface area contributed by atoms with Crippen LogP contribution < -0.4 is 10.6 Å². The lowest BCUT2D eigenvalue weighted by atomic mass is 9.91. The Kier molecular flexibility index (Phi) is 10.8. The van der Waals surface area contributed by atoms with Crippen LogP contribution in [0.5, 0.6) is 0 Å². The number of carbonyl (C=O) groups is 2. The molecule has 40 heavy (non-hydrogen) atoms. The van der Waals surface area contributed by atoms with Gasteiger partial charge in [-0.3, -0.25) is 4.79 Å². The number of benzene rings is 2. The zero-order chi connectivity index (χ0) is 29.3. The third-order valence-corrected chi connectivity index (χ3v) is 6.13. The summed E-state index contributed by atoms with van der Waals surface area (Å²) in [6, 6.07) is 16.9. The molecular weight excluding hydrogens is 510 g/mol. The number of amides is 2. The highest BCUT2D eigenvalue weighted by Crippen LogP contribution is 2.16. The van der Waals surface area contributed by atoms with Gasteiger partial charge >= 0.3 is 6.09 Å². The largest absolute Gasteiger partial charge is 0.444 e. The molecule has 2 amide bonds. The summed E-state index contributed by atoms with van der Waals surface area (Å²) in [5.74, 6) is 0.157. The van der Waals surface area contributed by atoms with Gasteiger partial charge in [-0.2, -0.15) is 0 Å². The number of aromatic amines is 1. The number of aromatic nitrogens is 2. The monoisotopic (exact) mass is 551 g/mol. The molecule has 0 aliphatic carbocycles. The first-order valence-corrected chi connectivity index (χ1v) is 13.3. The number of hydrogen-bond acceptors (Lipinski definition) is 7. The van der Waals surface area contributed by atoms with E-state index in [1.807, 2.05) is 79.7 Å². The minimum atomic E-state index is -1.44. The summed E-state index contributed by atoms with van der Waals surface area (Å²) >= 11 is 0. The number of alkyl carbamates (subject to hydrolysis) is 1. The van der Waals surface area contributed by atoms with Crippen molar-refractivity contribution in [3.05, 3.63) is 89.5 Å². The Morgan fingerprint density at radius 2 is 1.40 bits per heavy atom. The average molecular weight is 552 g/mol. The Bertz CT molecular complexity index is 1210. The van der Waals surface area contributed by atoms with Crippen molar-refractivity contribution < 1.29 is 24.5 Å². The third kappa shape index (κ3) is 9.78. The van der Waals surface area contributed by atoms with Crippen molar-refractivity contribution in [1.29, 1.82) is 0 Å². The fourth-order valence-electron chi connectivity index (χ4n) is 4.29. The molecule has 216 valence electrons. The molecule has 4 atom stereocenters. The highest BCUT2D eigenvalue weighted by atomic mass is 16.6. The van der Waals surface area contributed by atoms with Crippen molar-refractivity contribution in [2.75, 3.05) is 14.1 Å². The Balaban J connectivity index is 1.84. The summed E-state index contributed by atoms with van der Waals surface area (Å²) in [7, 11) is 3.79. The number of nitrogens with one attached hydrogen (secondary N) is 3. The van der Waals surface area contributed by atoms with Gasteiger partial charge in [-0.1, -0.05) is 60.7 Å². The summed E-state index contributed by atoms with van der Waals surface area (Å²) in [6.07, 6.45) is -1.66. The van der Waals surface area contributed by atoms with Gasteiger partial charge in [0.15, 0.2) is 0 Å². The van der Waals surface area contributed by atoms with Crippen molar-refractivity contribution in [3.63, 3.8) is 0 Å². The van der Waals surface area contributed by atoms with Gasteiger partial charge in [0, 0.05) is 0 Å². The van der Waals surface area contributed by atoms with Gasteiger partial charge < -0.3 is 35.5 Å². The molecule has 0 aliphatic rings. The van der Waals surface area contributed by atoms with E-state index in [9.17, 15) is 19.8 Å². The molecule has 0 aliphatic heterocycles. The van der Waals surface area contributed by atoms with E-state index >= 15 is 0 Å². The molecule has 3 aromatic rings. The summed E-state index contributed by atoms with van der Waals surface area (Å²) in [5.41, 5.74) is 1.20. The Hall–Kier alpha value is -3.73. The van der Waals surface area contributed by atoms with Gasteiger partial charge in [-0.25, -0.2) is 9.78 Å². The van der Waals surface area contributed by atoms with E-state index in [1.54, 1.807) is 20.8 Å². The van der Waals surface area contributed by atoms with Gasteiger partial charge in [0.1, 0.15) is 29.3 Å². The second-order valence-corrected chi connectivity index (χ2v) is 11.2. The fourth-order valence-corrected chi connectivity index (χ4v) is 4.29. The summed E-state index contributed by atoms with van der Waals surface area (Å²) in [5, 5.41) is 28.5. The lowest BCUT2D eigenvalue weighted by Gasteiger charge is -2.33. The topological polar surface area (TPSA) is 140 Å². The molecule has 10 nitrogen and oxygen atoms in total. The van der Waals surface area contributed by atoms with Crippen LogP contribution in [0, 0.1) is 0 Å². The van der Waals surface area contributed by atoms with Crippen LogP contribution in [0.3, 0.4) is 0 Å². The molecule has 1 heterocycles. The first-order chi connectivity index (χ1) is 18.9. The van der Waals surface area contributed by atoms with Crippen LogP contribution in [0.1, 0.15) is 48.2 Å². The lowest BCUT2D eigenvalue weighted by molar-refractivity contribution is -0.0258. The molecule has 0 fully saturated rings. The number of aliphatic hydroxyl groups is 2. The molecule has 1 aromatic heterocycles. The predicted octanol–water partition coefficient (Wildman–Crippen LogP) is 2.67. The Morgan fingerprint density at radius 3 is 1.88 bits per heavy atom. The van der Waals surface area contributed by atoms with E-state index in [0.29, 0.717) is 12.4 Å². The van der Waals surface area contributed by atoms with Crippen LogP contribution in [-0.2, 0) is 24.1 Å². The maximum Gasteiger partial charge on any atom is 0.407 e. The van der Waals surface area contributed by atoms with Gasteiger partial charge in [-0.05, 0) is 58.8 Å². The van der Waals surface area contributed by atoms with Crippen molar-refractivity contribution in [3.8, 4) is 0 Å². The highest BCUT2D eigenvalue weighted by molar-refractivity contribution is 5.92. The molecule has 0 spiro atoms. The molecule has 0 unspecified atom stereocenters. The average Bonchev–Trinajstić information content (AvgIpc) is 3.35. The SMILES string of the molecule is CN(C)Cc1ncc(C(=O)N[C@@H](Cc2ccccc2)[C@@H](O)[C@H](O)[C@H](Cc2ccccc2)NC(=O)OC(C)(C)C)[nH]1. The molecule has 0 bridgehead atoms. The first-order valence-electron chi connectivity index (χ1n) is 13.3. The molecular formula is C30H41N5O5. The molecule has 0 saturated heterocycles. The quantitative estimate of drug-likeness (QED) is 0.233. The van der Waals surface area contributed by atoms with E-state index in [2.05, 4.69) is 20.6 Å². The standard InChI is InChI=1S/C30H41N5O5/c1-30(2,3)40-29(39)34-23(17-21-14-10-7-11-15-21)27(37)26(36)22(16-20-12-8-6-9-13-20)33-28(38)24-18-31-25(32-24)19-35(4)5/h6-15,18,22-23,26-27,36-37H,16-17,19H2,1-5H3,(H,31,32)(H,33,38)(H,34,39)/t22-,23-,26+,27+/m0/s1. The third-order valence-electron chi connectivity index (χ3n) is 6.13. The zero-order valence-electron chi connectivity index (χ0n) is 23.8. The van der Waals surface area contributed by atoms with Crippen molar-refractivity contribution in [2.24, 2.45) is 0 Å². The normalized spacial score (nSPS) is 14.7. The highest BCUT2D eigenvalue weighted by Gasteiger charge is 2.35. The van der Waals surface area contributed by atoms with Gasteiger partial charge in [-0.15, -0.1) is 0 Å². The number of hydrogen-bond donors (Lipinski definition) is 5. The number of nitrogens with zero attached hydrogens (tertiary/aromatic N) is 2. The number of ether oxygens (including phenoxy) is 1. The molecule has 5 N–H and O–H groups in total. The van der Waals surface area contributed by atoms with Gasteiger partial charge in [0.05, 0.1) is 24.8 Å². The number of H-pyrrole nitrogens is 1. The fraction of sp³-hybridized carbons (Fsp3) is 0.433. The first kappa shape index (κ1) is 30.8. The van der Waals surface area contributed by atoms with Crippen LogP contribution in [0.4, 0.5) is 4.79 Å². The molecule has 3 rings (SSSR count). The Morgan fingerprint density at radius 1 is 0.900 bits per heavy atom. The second-order valence-electron chi connectivity index (χ2n) is 11.2. The maximum atomic E-state index is 13.2. The lowest BCUT2D eigenvalue weighted by Crippen LogP contribution is -2.57. The van der Waals surface area contributed by atoms with Crippen LogP contribution in [0.25, 0.3) is 0 Å². The van der Waals surface area contributed by atoms with E-state index in [-0.39, 0.29) is 18.5 Å². The number of imidazole rings is 1. The molecule has 10 heteroatoms.